The molecule has 0 aromatic rings. The van der Waals surface area contributed by atoms with Gasteiger partial charge in [0.05, 0.1) is 5.70 Å². The number of nitrogens with one attached hydrogen (secondary N) is 1. The number of allylic oxidation sites excluding steroid dienone is 1. The van der Waals surface area contributed by atoms with Gasteiger partial charge in [0.1, 0.15) is 11.9 Å². The highest BCUT2D eigenvalue weighted by atomic mass is 15.1. The van der Waals surface area contributed by atoms with Gasteiger partial charge < -0.3 is 5.32 Å². The third kappa shape index (κ3) is 3.11. The highest BCUT2D eigenvalue weighted by molar-refractivity contribution is 6.08. The number of nitrogens with zero attached hydrogens (tertiary/aromatic N) is 3. The van der Waals surface area contributed by atoms with Crippen LogP contribution in [0.4, 0.5) is 0 Å². The van der Waals surface area contributed by atoms with E-state index in [0.29, 0.717) is 0 Å². The van der Waals surface area contributed by atoms with Gasteiger partial charge in [-0.3, -0.25) is 9.98 Å². The molecular weight excluding hydrogens is 236 g/mol. The number of rotatable bonds is 6. The van der Waals surface area contributed by atoms with E-state index in [0.717, 1.165) is 30.9 Å². The molecule has 0 radical (unpaired) electrons. The van der Waals surface area contributed by atoms with E-state index in [1.807, 2.05) is 6.21 Å². The summed E-state index contributed by atoms with van der Waals surface area (Å²) in [4.78, 5) is 13.4. The van der Waals surface area contributed by atoms with Gasteiger partial charge in [-0.05, 0) is 24.8 Å². The molecule has 0 spiro atoms. The van der Waals surface area contributed by atoms with Crippen molar-refractivity contribution < 1.29 is 0 Å². The summed E-state index contributed by atoms with van der Waals surface area (Å²) in [5.41, 5.74) is 2.55. The lowest BCUT2D eigenvalue weighted by atomic mass is 10.0. The number of amidine groups is 2. The maximum Gasteiger partial charge on any atom is 0.156 e. The van der Waals surface area contributed by atoms with Crippen molar-refractivity contribution in [2.75, 3.05) is 7.05 Å². The zero-order chi connectivity index (χ0) is 13.7. The molecule has 2 aliphatic heterocycles. The van der Waals surface area contributed by atoms with Gasteiger partial charge >= 0.3 is 0 Å². The van der Waals surface area contributed by atoms with Crippen LogP contribution in [0.5, 0.6) is 0 Å². The monoisotopic (exact) mass is 260 g/mol. The Bertz CT molecular complexity index is 443. The maximum atomic E-state index is 4.57. The Hall–Kier alpha value is -1.45. The average Bonchev–Trinajstić information content (AvgIpc) is 2.82. The fraction of sp³-hybridized carbons (Fsp3) is 0.667. The largest absolute Gasteiger partial charge is 0.345 e. The Morgan fingerprint density at radius 2 is 2.05 bits per heavy atom. The van der Waals surface area contributed by atoms with Crippen molar-refractivity contribution in [1.82, 2.24) is 5.32 Å². The molecule has 2 heterocycles. The summed E-state index contributed by atoms with van der Waals surface area (Å²) in [5.74, 6) is 1.88. The summed E-state index contributed by atoms with van der Waals surface area (Å²) < 4.78 is 0. The first kappa shape index (κ1) is 14.0. The number of unbranched alkanes of at least 4 members (excludes halogenated alkanes) is 2. The predicted molar refractivity (Wildman–Crippen MR) is 82.3 cm³/mol. The maximum absolute atomic E-state index is 4.57. The first-order valence-electron chi connectivity index (χ1n) is 7.37. The van der Waals surface area contributed by atoms with Crippen molar-refractivity contribution >= 4 is 17.9 Å². The van der Waals surface area contributed by atoms with Gasteiger partial charge in [0.15, 0.2) is 5.84 Å². The third-order valence-corrected chi connectivity index (χ3v) is 3.54. The van der Waals surface area contributed by atoms with Crippen LogP contribution in [0.15, 0.2) is 26.2 Å². The number of hydrogen-bond donors (Lipinski definition) is 1. The van der Waals surface area contributed by atoms with Crippen LogP contribution in [-0.4, -0.2) is 31.0 Å². The van der Waals surface area contributed by atoms with E-state index in [1.165, 1.54) is 30.5 Å². The molecule has 0 aliphatic carbocycles. The molecule has 0 fully saturated rings. The second-order valence-corrected chi connectivity index (χ2v) is 5.09. The van der Waals surface area contributed by atoms with Crippen LogP contribution in [-0.2, 0) is 0 Å². The van der Waals surface area contributed by atoms with Gasteiger partial charge in [0.2, 0.25) is 0 Å². The Kier molecular flexibility index (Phi) is 4.88. The van der Waals surface area contributed by atoms with Crippen molar-refractivity contribution in [2.45, 2.75) is 58.4 Å². The van der Waals surface area contributed by atoms with Crippen molar-refractivity contribution in [3.8, 4) is 0 Å². The SMILES string of the molecule is CCCCCC1=C2NC(CCC)=NC(=NC)[C@H]2N=C1. The molecule has 0 saturated carbocycles. The standard InChI is InChI=1S/C15H24N4/c1-4-6-7-9-11-10-17-14-13(11)18-12(8-5-2)19-15(14)16-3/h10,14H,4-9H2,1-3H3,(H,16,18,19)/t14-/m0/s1. The minimum absolute atomic E-state index is 0.0160. The van der Waals surface area contributed by atoms with Crippen LogP contribution < -0.4 is 5.32 Å². The highest BCUT2D eigenvalue weighted by Gasteiger charge is 2.30. The van der Waals surface area contributed by atoms with E-state index < -0.39 is 0 Å². The average molecular weight is 260 g/mol. The lowest BCUT2D eigenvalue weighted by molar-refractivity contribution is 0.717. The first-order chi connectivity index (χ1) is 9.30. The fourth-order valence-corrected chi connectivity index (χ4v) is 2.50. The van der Waals surface area contributed by atoms with Gasteiger partial charge in [0.25, 0.3) is 0 Å². The van der Waals surface area contributed by atoms with Crippen molar-refractivity contribution in [3.63, 3.8) is 0 Å². The van der Waals surface area contributed by atoms with Crippen LogP contribution in [0.3, 0.4) is 0 Å². The molecule has 2 rings (SSSR count). The van der Waals surface area contributed by atoms with Crippen LogP contribution in [0.2, 0.25) is 0 Å². The van der Waals surface area contributed by atoms with Gasteiger partial charge in [-0.15, -0.1) is 0 Å². The van der Waals surface area contributed by atoms with Crippen molar-refractivity contribution in [2.24, 2.45) is 15.0 Å². The summed E-state index contributed by atoms with van der Waals surface area (Å²) in [6, 6.07) is 0.0160. The lowest BCUT2D eigenvalue weighted by Crippen LogP contribution is -2.38. The Morgan fingerprint density at radius 3 is 2.74 bits per heavy atom. The van der Waals surface area contributed by atoms with E-state index in [2.05, 4.69) is 34.1 Å². The molecule has 0 unspecified atom stereocenters. The van der Waals surface area contributed by atoms with Crippen LogP contribution in [0.25, 0.3) is 0 Å². The van der Waals surface area contributed by atoms with Gasteiger partial charge in [0, 0.05) is 19.7 Å². The molecule has 19 heavy (non-hydrogen) atoms. The Labute approximate surface area is 115 Å². The van der Waals surface area contributed by atoms with Crippen molar-refractivity contribution in [3.05, 3.63) is 11.3 Å². The molecule has 1 N–H and O–H groups in total. The molecule has 0 aromatic heterocycles. The smallest absolute Gasteiger partial charge is 0.156 e. The molecule has 0 amide bonds. The quantitative estimate of drug-likeness (QED) is 0.733. The zero-order valence-electron chi connectivity index (χ0n) is 12.2. The summed E-state index contributed by atoms with van der Waals surface area (Å²) in [6.07, 6.45) is 8.93. The zero-order valence-corrected chi connectivity index (χ0v) is 12.2. The molecule has 0 aromatic carbocycles. The first-order valence-corrected chi connectivity index (χ1v) is 7.37. The Morgan fingerprint density at radius 1 is 1.21 bits per heavy atom. The minimum atomic E-state index is 0.0160. The molecule has 4 nitrogen and oxygen atoms in total. The van der Waals surface area contributed by atoms with E-state index in [1.54, 1.807) is 7.05 Å². The van der Waals surface area contributed by atoms with Gasteiger partial charge in [-0.1, -0.05) is 26.7 Å². The third-order valence-electron chi connectivity index (χ3n) is 3.54. The predicted octanol–water partition coefficient (Wildman–Crippen LogP) is 3.10. The molecule has 0 saturated heterocycles. The molecule has 0 bridgehead atoms. The molecular formula is C15H24N4. The number of fused-ring (bicyclic) bond motifs is 1. The number of aliphatic imine (C=N–C) groups is 3. The normalized spacial score (nSPS) is 23.6. The van der Waals surface area contributed by atoms with Crippen LogP contribution >= 0.6 is 0 Å². The van der Waals surface area contributed by atoms with E-state index >= 15 is 0 Å². The fourth-order valence-electron chi connectivity index (χ4n) is 2.50. The van der Waals surface area contributed by atoms with Gasteiger partial charge in [-0.25, -0.2) is 4.99 Å². The van der Waals surface area contributed by atoms with Crippen LogP contribution in [0, 0.1) is 0 Å². The summed E-state index contributed by atoms with van der Waals surface area (Å²) in [6.45, 7) is 4.40. The van der Waals surface area contributed by atoms with Crippen molar-refractivity contribution in [1.29, 1.82) is 0 Å². The second kappa shape index (κ2) is 6.64. The highest BCUT2D eigenvalue weighted by Crippen LogP contribution is 2.25. The molecule has 4 heteroatoms. The molecule has 104 valence electrons. The van der Waals surface area contributed by atoms with Gasteiger partial charge in [-0.2, -0.15) is 0 Å². The molecule has 1 atom stereocenters. The topological polar surface area (TPSA) is 49.1 Å². The van der Waals surface area contributed by atoms with Crippen LogP contribution in [0.1, 0.15) is 52.4 Å². The van der Waals surface area contributed by atoms with E-state index in [9.17, 15) is 0 Å². The van der Waals surface area contributed by atoms with E-state index in [-0.39, 0.29) is 6.04 Å². The second-order valence-electron chi connectivity index (χ2n) is 5.09. The summed E-state index contributed by atoms with van der Waals surface area (Å²) >= 11 is 0. The van der Waals surface area contributed by atoms with E-state index in [4.69, 9.17) is 0 Å². The summed E-state index contributed by atoms with van der Waals surface area (Å²) in [5, 5.41) is 3.48. The summed E-state index contributed by atoms with van der Waals surface area (Å²) in [7, 11) is 1.80. The Balaban J connectivity index is 2.16. The molecule has 2 aliphatic rings. The lowest BCUT2D eigenvalue weighted by Gasteiger charge is -2.23. The number of hydrogen-bond acceptors (Lipinski definition) is 3. The minimum Gasteiger partial charge on any atom is -0.345 e.